The van der Waals surface area contributed by atoms with Gasteiger partial charge in [0.1, 0.15) is 5.82 Å². The standard InChI is InChI=1S/C85H58N4OSi.Pt/c1-60-51-84(86-58-79(60)63-31-12-4-13-32-63)89-80-46-21-20-43-77(80)78-50-49-70(57-83(78)89)90-69-35-25-34-68(56-69)87-59-88(82-48-23-22-47-81(82)87)85-75(44-26-45-76(85)67-53-65(61-27-8-2-9-28-61)52-66(54-67)62-29-10-3-11-30-62)64-33-24-42-74(55-64)91(71-36-14-5-15-37-71,72-38-16-6-17-39-72)73-40-18-7-19-41-73;/h2-55,58H,1H3;/q-2;/i1D3,2D,3D,4D,5D,6D,7D,8D,9D,10D,11D,12D,13D,14D,15D,16D,17D,18D,19D,24D,27D,28D,29D,31D,32D,33D,36D,37D,38D,39D,40D,41D,42D,52D,53D,54D,55D;. The summed E-state index contributed by atoms with van der Waals surface area (Å²) in [5.41, 5.74) is -6.51. The van der Waals surface area contributed by atoms with E-state index in [4.69, 9.17) is 28.0 Å². The van der Waals surface area contributed by atoms with Crippen LogP contribution in [0, 0.1) is 25.3 Å². The quantitative estimate of drug-likeness (QED) is 0.0471. The Labute approximate surface area is 606 Å². The molecule has 3 heterocycles. The van der Waals surface area contributed by atoms with Crippen LogP contribution in [-0.4, -0.2) is 22.2 Å². The molecule has 0 amide bonds. The first-order chi connectivity index (χ1) is 61.2. The van der Waals surface area contributed by atoms with Gasteiger partial charge in [0.05, 0.1) is 66.1 Å². The molecule has 3 aromatic heterocycles. The van der Waals surface area contributed by atoms with Crippen molar-refractivity contribution in [2.75, 3.05) is 0 Å². The Hall–Kier alpha value is -11.0. The van der Waals surface area contributed by atoms with Crippen molar-refractivity contribution in [2.24, 2.45) is 0 Å². The number of hydrogen-bond donors (Lipinski definition) is 0. The van der Waals surface area contributed by atoms with Crippen molar-refractivity contribution in [3.05, 3.63) is 357 Å². The van der Waals surface area contributed by atoms with Crippen LogP contribution in [0.2, 0.25) is 0 Å². The van der Waals surface area contributed by atoms with Gasteiger partial charge in [0.15, 0.2) is 8.07 Å². The summed E-state index contributed by atoms with van der Waals surface area (Å²) in [5, 5.41) is -3.59. The van der Waals surface area contributed by atoms with Crippen LogP contribution in [0.3, 0.4) is 0 Å². The van der Waals surface area contributed by atoms with Gasteiger partial charge in [0.25, 0.3) is 6.33 Å². The molecule has 0 saturated carbocycles. The molecule has 0 saturated heterocycles. The fourth-order valence-electron chi connectivity index (χ4n) is 11.0. The minimum atomic E-state index is -6.63. The molecule has 16 rings (SSSR count). The minimum Gasteiger partial charge on any atom is -0.510 e. The third-order valence-corrected chi connectivity index (χ3v) is 19.0. The van der Waals surface area contributed by atoms with Crippen molar-refractivity contribution < 1.29 is 83.8 Å². The molecule has 5 nitrogen and oxygen atoms in total. The van der Waals surface area contributed by atoms with E-state index in [0.717, 1.165) is 12.3 Å². The van der Waals surface area contributed by atoms with Crippen molar-refractivity contribution in [3.63, 3.8) is 0 Å². The average Bonchev–Trinajstić information content (AvgIpc) is 1.23. The number of imidazole rings is 1. The molecule has 0 aliphatic heterocycles. The van der Waals surface area contributed by atoms with Crippen LogP contribution in [0.1, 0.15) is 59.0 Å². The molecular weight excluding hydrogens is 1320 g/mol. The number of ether oxygens (including phenoxy) is 1. The fraction of sp³-hybridized carbons (Fsp3) is 0.0118. The molecule has 440 valence electrons. The molecule has 0 aliphatic rings. The van der Waals surface area contributed by atoms with E-state index in [2.05, 4.69) is 23.4 Å². The van der Waals surface area contributed by atoms with Crippen LogP contribution in [0.5, 0.6) is 11.5 Å². The van der Waals surface area contributed by atoms with Gasteiger partial charge in [-0.2, -0.15) is 18.2 Å². The van der Waals surface area contributed by atoms with Gasteiger partial charge in [-0.3, -0.25) is 4.57 Å². The second-order valence-corrected chi connectivity index (χ2v) is 23.6. The Kier molecular flexibility index (Phi) is 7.76. The van der Waals surface area contributed by atoms with Gasteiger partial charge in [0.2, 0.25) is 0 Å². The van der Waals surface area contributed by atoms with Crippen molar-refractivity contribution in [1.82, 2.24) is 14.1 Å². The monoisotopic (exact) mass is 1410 g/mol. The summed E-state index contributed by atoms with van der Waals surface area (Å²) < 4.78 is 375. The fourth-order valence-corrected chi connectivity index (χ4v) is 14.6. The Morgan fingerprint density at radius 2 is 1.01 bits per heavy atom. The minimum absolute atomic E-state index is 0. The van der Waals surface area contributed by atoms with Crippen molar-refractivity contribution in [2.45, 2.75) is 6.85 Å². The Balaban J connectivity index is 0.0000131. The number of aryl methyl sites for hydroxylation is 1. The molecule has 0 fully saturated rings. The molecule has 0 N–H and O–H groups in total. The number of para-hydroxylation sites is 4. The number of benzene rings is 13. The smallest absolute Gasteiger partial charge is 0.268 e. The maximum Gasteiger partial charge on any atom is 0.268 e. The summed E-state index contributed by atoms with van der Waals surface area (Å²) in [4.78, 5) is 4.66. The van der Waals surface area contributed by atoms with Crippen LogP contribution in [-0.2, 0) is 21.1 Å². The summed E-state index contributed by atoms with van der Waals surface area (Å²) in [5.74, 6) is -0.0697. The van der Waals surface area contributed by atoms with E-state index in [9.17, 15) is 30.2 Å². The molecule has 0 bridgehead atoms. The summed E-state index contributed by atoms with van der Waals surface area (Å²) >= 11 is 0. The van der Waals surface area contributed by atoms with E-state index >= 15 is 0 Å². The van der Waals surface area contributed by atoms with E-state index in [1.165, 1.54) is 63.7 Å². The molecule has 16 aromatic rings. The van der Waals surface area contributed by atoms with Gasteiger partial charge in [-0.05, 0) is 125 Å². The van der Waals surface area contributed by atoms with Crippen molar-refractivity contribution in [3.8, 4) is 84.3 Å². The molecule has 0 unspecified atom stereocenters. The molecule has 0 aliphatic carbocycles. The van der Waals surface area contributed by atoms with Crippen molar-refractivity contribution >= 4 is 61.7 Å². The van der Waals surface area contributed by atoms with E-state index in [-0.39, 0.29) is 66.2 Å². The Morgan fingerprint density at radius 1 is 0.446 bits per heavy atom. The van der Waals surface area contributed by atoms with E-state index < -0.39 is 315 Å². The van der Waals surface area contributed by atoms with Crippen LogP contribution in [0.4, 0.5) is 0 Å². The normalized spacial score (nSPS) is 17.5. The Morgan fingerprint density at radius 3 is 1.72 bits per heavy atom. The zero-order valence-corrected chi connectivity index (χ0v) is 50.3. The molecule has 0 atom stereocenters. The summed E-state index contributed by atoms with van der Waals surface area (Å²) in [6.07, 6.45) is 4.38. The summed E-state index contributed by atoms with van der Waals surface area (Å²) in [6, 6.07) is -5.58. The third-order valence-electron chi connectivity index (χ3n) is 15.0. The van der Waals surface area contributed by atoms with Gasteiger partial charge in [-0.1, -0.05) is 272 Å². The summed E-state index contributed by atoms with van der Waals surface area (Å²) in [7, 11) is -6.63. The van der Waals surface area contributed by atoms with Gasteiger partial charge in [-0.15, -0.1) is 29.7 Å². The van der Waals surface area contributed by atoms with Gasteiger partial charge in [0, 0.05) is 54.0 Å². The predicted octanol–water partition coefficient (Wildman–Crippen LogP) is 17.6. The van der Waals surface area contributed by atoms with E-state index in [1.54, 1.807) is 53.1 Å². The second kappa shape index (κ2) is 24.8. The number of rotatable bonds is 14. The first kappa shape index (κ1) is 28.9. The maximum absolute atomic E-state index is 11.1. The van der Waals surface area contributed by atoms with Gasteiger partial charge < -0.3 is 13.9 Å². The molecule has 7 heteroatoms. The molecule has 0 radical (unpaired) electrons. The van der Waals surface area contributed by atoms with Crippen LogP contribution in [0.15, 0.2) is 333 Å². The van der Waals surface area contributed by atoms with E-state index in [0.29, 0.717) is 16.3 Å². The maximum atomic E-state index is 11.1. The molecule has 92 heavy (non-hydrogen) atoms. The average molecular weight is 1410 g/mol. The first-order valence-electron chi connectivity index (χ1n) is 47.1. The zero-order valence-electron chi connectivity index (χ0n) is 86.0. The number of fused-ring (bicyclic) bond motifs is 4. The SMILES string of the molecule is [2H]c1cc(-c2c([2H])c(-c3cccc(-c4c([2H])c([2H])c([2H])c([Si](c5c([2H])c([2H])c([2H])c([2H])c5[2H])(c5c([2H])c([2H])c([2H])c([2H])c5[2H])c5c([2H])c([2H])c([2H])c([2H])c5[2H])c4[2H])c3-[n+]3[c-]n(-c4[c-]c(Oc5[c-]c6c(cc5)c5ccccc5n6-c5cc(C([2H])([2H])[2H])c(-c6c([2H])c([2H])c([2H])c([2H])c6[2H])cn5)ccc4)c4ccccc43)c([2H])c(-c3c([2H])c([2H])c([2H])c([2H])c3[2H])c2[2H])c([2H])c([2H])c1[2H].[Pt]. The van der Waals surface area contributed by atoms with Crippen LogP contribution >= 0.6 is 0 Å². The first-order valence-corrected chi connectivity index (χ1v) is 29.6. The zero-order chi connectivity index (χ0) is 94.5. The summed E-state index contributed by atoms with van der Waals surface area (Å²) in [6.45, 7) is -2.97. The van der Waals surface area contributed by atoms with E-state index in [1.807, 2.05) is 0 Å². The predicted molar refractivity (Wildman–Crippen MR) is 375 cm³/mol. The second-order valence-electron chi connectivity index (χ2n) is 20.1. The van der Waals surface area contributed by atoms with Crippen molar-refractivity contribution in [1.29, 1.82) is 0 Å². The number of nitrogens with zero attached hydrogens (tertiary/aromatic N) is 4. The van der Waals surface area contributed by atoms with Crippen LogP contribution in [0.25, 0.3) is 106 Å². The molecule has 0 spiro atoms. The topological polar surface area (TPSA) is 35.9 Å². The van der Waals surface area contributed by atoms with Gasteiger partial charge >= 0.3 is 0 Å². The van der Waals surface area contributed by atoms with Crippen LogP contribution < -0.4 is 30.1 Å². The molecule has 13 aromatic carbocycles. The Bertz CT molecular complexity index is 7430. The number of hydrogen-bond acceptors (Lipinski definition) is 2. The number of pyridine rings is 1. The largest absolute Gasteiger partial charge is 0.510 e. The third kappa shape index (κ3) is 10.4. The molecular formula is C85H58N4OPtSi-2. The number of aromatic nitrogens is 4. The van der Waals surface area contributed by atoms with Gasteiger partial charge in [-0.25, -0.2) is 4.98 Å².